The molecule has 5 amide bonds. The number of hydrogen-bond acceptors (Lipinski definition) is 10. The number of halogens is 1. The molecule has 6 heterocycles. The van der Waals surface area contributed by atoms with Gasteiger partial charge in [0.05, 0.1) is 35.6 Å². The Labute approximate surface area is 327 Å². The van der Waals surface area contributed by atoms with Gasteiger partial charge in [-0.05, 0) is 80.3 Å². The fourth-order valence-electron chi connectivity index (χ4n) is 7.98. The molecule has 4 aliphatic rings. The van der Waals surface area contributed by atoms with E-state index >= 15 is 0 Å². The lowest BCUT2D eigenvalue weighted by atomic mass is 10.0. The number of carbonyl (C=O) groups excluding carboxylic acids is 5. The molecule has 8 rings (SSSR count). The Balaban J connectivity index is 0.894. The molecule has 292 valence electrons. The first-order valence-electron chi connectivity index (χ1n) is 19.0. The molecule has 3 fully saturated rings. The van der Waals surface area contributed by atoms with Gasteiger partial charge in [0.15, 0.2) is 5.65 Å². The highest BCUT2D eigenvalue weighted by molar-refractivity contribution is 6.23. The van der Waals surface area contributed by atoms with Crippen molar-refractivity contribution in [3.8, 4) is 0 Å². The van der Waals surface area contributed by atoms with E-state index in [9.17, 15) is 28.4 Å². The zero-order valence-electron chi connectivity index (χ0n) is 31.4. The highest BCUT2D eigenvalue weighted by atomic mass is 19.1. The molecule has 2 aromatic heterocycles. The van der Waals surface area contributed by atoms with Crippen LogP contribution in [0.25, 0.3) is 11.3 Å². The number of aromatic nitrogens is 3. The molecule has 1 unspecified atom stereocenters. The molecule has 0 spiro atoms. The zero-order valence-corrected chi connectivity index (χ0v) is 31.4. The average molecular weight is 773 g/mol. The van der Waals surface area contributed by atoms with Crippen molar-refractivity contribution >= 4 is 58.2 Å². The highest BCUT2D eigenvalue weighted by Crippen LogP contribution is 2.36. The van der Waals surface area contributed by atoms with Crippen molar-refractivity contribution in [3.63, 3.8) is 0 Å². The van der Waals surface area contributed by atoms with Crippen LogP contribution in [0.1, 0.15) is 70.6 Å². The SMILES string of the molecule is C=C/C=C(\N=C(C)N1CCN(C(=O)CNc2ccc3c(c2)C(=O)N(C2CCC(=O)NC2=O)C3=O)CC1)c1cnc2ccc(N3CCC[C@@H]3c3cccc(F)c3)nn12. The first-order chi connectivity index (χ1) is 27.6. The summed E-state index contributed by atoms with van der Waals surface area (Å²) in [6.07, 6.45) is 7.19. The number of rotatable bonds is 9. The van der Waals surface area contributed by atoms with Gasteiger partial charge in [0.25, 0.3) is 11.8 Å². The number of amidine groups is 1. The standard InChI is InChI=1S/C41H41FN10O5/c1-3-6-31(34-23-44-35-13-14-36(47-52(34)35)50-16-5-9-32(50)26-7-4-8-27(42)21-26)45-25(2)48-17-19-49(20-18-48)38(54)24-43-28-10-11-29-30(22-28)41(57)51(40(29)56)33-12-15-37(53)46-39(33)55/h3-4,6-8,10-11,13-14,21-23,32-33,43H,1,5,9,12,15-20,24H2,2H3,(H,46,53,55)/b31-6-,45-25?/t32-,33?/m1/s1. The molecular formula is C41H41FN10O5. The Morgan fingerprint density at radius 2 is 1.75 bits per heavy atom. The second-order valence-corrected chi connectivity index (χ2v) is 14.4. The fraction of sp³-hybridized carbons (Fsp3) is 0.317. The van der Waals surface area contributed by atoms with E-state index in [1.807, 2.05) is 31.2 Å². The molecule has 3 saturated heterocycles. The number of imide groups is 2. The monoisotopic (exact) mass is 772 g/mol. The molecule has 0 radical (unpaired) electrons. The number of piperidine rings is 1. The minimum absolute atomic E-state index is 0.0130. The molecule has 2 N–H and O–H groups in total. The molecule has 0 aliphatic carbocycles. The van der Waals surface area contributed by atoms with E-state index in [1.165, 1.54) is 18.2 Å². The molecule has 57 heavy (non-hydrogen) atoms. The van der Waals surface area contributed by atoms with E-state index in [0.29, 0.717) is 48.9 Å². The molecule has 16 heteroatoms. The lowest BCUT2D eigenvalue weighted by molar-refractivity contribution is -0.136. The minimum atomic E-state index is -1.05. The number of imidazole rings is 1. The summed E-state index contributed by atoms with van der Waals surface area (Å²) in [6.45, 7) is 8.64. The van der Waals surface area contributed by atoms with Crippen LogP contribution >= 0.6 is 0 Å². The smallest absolute Gasteiger partial charge is 0.262 e. The summed E-state index contributed by atoms with van der Waals surface area (Å²) in [4.78, 5) is 80.0. The van der Waals surface area contributed by atoms with Crippen molar-refractivity contribution in [3.05, 3.63) is 108 Å². The number of benzene rings is 2. The van der Waals surface area contributed by atoms with Crippen LogP contribution in [0.2, 0.25) is 0 Å². The molecule has 0 saturated carbocycles. The third kappa shape index (κ3) is 7.25. The van der Waals surface area contributed by atoms with Crippen LogP contribution in [0.3, 0.4) is 0 Å². The van der Waals surface area contributed by atoms with Crippen LogP contribution in [0.4, 0.5) is 15.9 Å². The van der Waals surface area contributed by atoms with E-state index in [-0.39, 0.29) is 48.3 Å². The van der Waals surface area contributed by atoms with Crippen LogP contribution < -0.4 is 15.5 Å². The second kappa shape index (κ2) is 15.4. The molecule has 4 aromatic rings. The summed E-state index contributed by atoms with van der Waals surface area (Å²) in [7, 11) is 0. The Morgan fingerprint density at radius 3 is 2.53 bits per heavy atom. The first kappa shape index (κ1) is 37.2. The summed E-state index contributed by atoms with van der Waals surface area (Å²) in [5.74, 6) is -1.18. The topological polar surface area (TPSA) is 165 Å². The summed E-state index contributed by atoms with van der Waals surface area (Å²) in [5, 5.41) is 10.2. The lowest BCUT2D eigenvalue weighted by Gasteiger charge is -2.36. The molecule has 2 atom stereocenters. The predicted octanol–water partition coefficient (Wildman–Crippen LogP) is 3.81. The fourth-order valence-corrected chi connectivity index (χ4v) is 7.98. The van der Waals surface area contributed by atoms with E-state index in [2.05, 4.69) is 32.0 Å². The van der Waals surface area contributed by atoms with Crippen LogP contribution in [0.15, 0.2) is 84.5 Å². The quantitative estimate of drug-likeness (QED) is 0.111. The van der Waals surface area contributed by atoms with Crippen molar-refractivity contribution in [2.75, 3.05) is 49.5 Å². The minimum Gasteiger partial charge on any atom is -0.376 e. The number of nitrogens with zero attached hydrogens (tertiary/aromatic N) is 8. The number of amides is 5. The number of aliphatic imine (C=N–C) groups is 1. The Kier molecular flexibility index (Phi) is 10.1. The number of allylic oxidation sites excluding steroid dienone is 2. The van der Waals surface area contributed by atoms with Gasteiger partial charge < -0.3 is 20.0 Å². The van der Waals surface area contributed by atoms with Crippen LogP contribution in [0.5, 0.6) is 0 Å². The van der Waals surface area contributed by atoms with Gasteiger partial charge in [0, 0.05) is 44.8 Å². The maximum absolute atomic E-state index is 14.1. The van der Waals surface area contributed by atoms with Gasteiger partial charge in [-0.15, -0.1) is 5.10 Å². The average Bonchev–Trinajstić information content (AvgIpc) is 3.93. The Bertz CT molecular complexity index is 2380. The molecule has 2 aromatic carbocycles. The van der Waals surface area contributed by atoms with Gasteiger partial charge in [0.2, 0.25) is 17.7 Å². The van der Waals surface area contributed by atoms with Gasteiger partial charge in [-0.2, -0.15) is 0 Å². The van der Waals surface area contributed by atoms with Gasteiger partial charge in [0.1, 0.15) is 29.2 Å². The van der Waals surface area contributed by atoms with E-state index in [4.69, 9.17) is 10.1 Å². The zero-order chi connectivity index (χ0) is 39.8. The van der Waals surface area contributed by atoms with Crippen LogP contribution in [-0.4, -0.2) is 110 Å². The molecule has 0 bridgehead atoms. The lowest BCUT2D eigenvalue weighted by Crippen LogP contribution is -2.54. The molecule has 15 nitrogen and oxygen atoms in total. The number of carbonyl (C=O) groups is 5. The maximum Gasteiger partial charge on any atom is 0.262 e. The Morgan fingerprint density at radius 1 is 0.965 bits per heavy atom. The number of anilines is 2. The third-order valence-electron chi connectivity index (χ3n) is 10.9. The van der Waals surface area contributed by atoms with E-state index in [1.54, 1.807) is 39.9 Å². The van der Waals surface area contributed by atoms with E-state index < -0.39 is 29.7 Å². The summed E-state index contributed by atoms with van der Waals surface area (Å²) in [6, 6.07) is 14.2. The van der Waals surface area contributed by atoms with Crippen molar-refractivity contribution in [2.24, 2.45) is 4.99 Å². The summed E-state index contributed by atoms with van der Waals surface area (Å²) < 4.78 is 15.9. The van der Waals surface area contributed by atoms with Crippen molar-refractivity contribution in [1.82, 2.24) is 34.6 Å². The third-order valence-corrected chi connectivity index (χ3v) is 10.9. The maximum atomic E-state index is 14.1. The highest BCUT2D eigenvalue weighted by Gasteiger charge is 2.44. The number of piperazine rings is 1. The molecular weight excluding hydrogens is 732 g/mol. The first-order valence-corrected chi connectivity index (χ1v) is 19.0. The largest absolute Gasteiger partial charge is 0.376 e. The Hall–Kier alpha value is -6.71. The van der Waals surface area contributed by atoms with Gasteiger partial charge in [-0.25, -0.2) is 18.9 Å². The van der Waals surface area contributed by atoms with Gasteiger partial charge in [-0.1, -0.05) is 24.8 Å². The van der Waals surface area contributed by atoms with Gasteiger partial charge >= 0.3 is 0 Å². The van der Waals surface area contributed by atoms with Crippen molar-refractivity contribution in [2.45, 2.75) is 44.7 Å². The van der Waals surface area contributed by atoms with Crippen molar-refractivity contribution < 1.29 is 28.4 Å². The normalized spacial score (nSPS) is 20.4. The second-order valence-electron chi connectivity index (χ2n) is 14.4. The predicted molar refractivity (Wildman–Crippen MR) is 210 cm³/mol. The number of nitrogens with one attached hydrogen (secondary N) is 2. The van der Waals surface area contributed by atoms with Crippen molar-refractivity contribution in [1.29, 1.82) is 0 Å². The molecule has 4 aliphatic heterocycles. The number of hydrogen-bond donors (Lipinski definition) is 2. The summed E-state index contributed by atoms with van der Waals surface area (Å²) >= 11 is 0. The summed E-state index contributed by atoms with van der Waals surface area (Å²) in [5.41, 5.74) is 3.68. The van der Waals surface area contributed by atoms with Crippen LogP contribution in [0, 0.1) is 5.82 Å². The van der Waals surface area contributed by atoms with Crippen LogP contribution in [-0.2, 0) is 14.4 Å². The van der Waals surface area contributed by atoms with E-state index in [0.717, 1.165) is 41.5 Å². The van der Waals surface area contributed by atoms with Gasteiger partial charge in [-0.3, -0.25) is 34.2 Å². The number of fused-ring (bicyclic) bond motifs is 2.